The lowest BCUT2D eigenvalue weighted by Crippen LogP contribution is -2.59. The first-order valence-electron chi connectivity index (χ1n) is 13.7. The van der Waals surface area contributed by atoms with Crippen LogP contribution in [0.5, 0.6) is 5.75 Å². The van der Waals surface area contributed by atoms with Crippen LogP contribution < -0.4 is 5.63 Å². The minimum absolute atomic E-state index is 0.209. The quantitative estimate of drug-likeness (QED) is 0.391. The topological polar surface area (TPSA) is 56.9 Å². The van der Waals surface area contributed by atoms with E-state index in [1.807, 2.05) is 36.4 Å². The minimum Gasteiger partial charge on any atom is -0.507 e. The van der Waals surface area contributed by atoms with Gasteiger partial charge in [0.2, 0.25) is 0 Å². The lowest BCUT2D eigenvalue weighted by Gasteiger charge is -2.54. The van der Waals surface area contributed by atoms with Crippen LogP contribution in [-0.4, -0.2) is 46.6 Å². The summed E-state index contributed by atoms with van der Waals surface area (Å²) in [5, 5.41) is 11.9. The molecule has 36 heavy (non-hydrogen) atoms. The van der Waals surface area contributed by atoms with Crippen LogP contribution in [0.1, 0.15) is 44.1 Å². The number of hydrogen-bond acceptors (Lipinski definition) is 5. The molecule has 186 valence electrons. The molecule has 0 radical (unpaired) electrons. The van der Waals surface area contributed by atoms with Gasteiger partial charge in [-0.2, -0.15) is 0 Å². The lowest BCUT2D eigenvalue weighted by molar-refractivity contribution is -0.00274. The van der Waals surface area contributed by atoms with Gasteiger partial charge in [-0.1, -0.05) is 48.4 Å². The fraction of sp³-hybridized carbons (Fsp3) is 0.452. The van der Waals surface area contributed by atoms with Gasteiger partial charge >= 0.3 is 5.63 Å². The monoisotopic (exact) mass is 482 g/mol. The van der Waals surface area contributed by atoms with Crippen LogP contribution in [0.15, 0.2) is 69.4 Å². The normalized spacial score (nSPS) is 28.4. The Morgan fingerprint density at radius 3 is 2.81 bits per heavy atom. The number of phenols is 1. The molecule has 1 aliphatic carbocycles. The molecule has 1 N–H and O–H groups in total. The van der Waals surface area contributed by atoms with E-state index >= 15 is 0 Å². The molecule has 5 nitrogen and oxygen atoms in total. The molecular weight excluding hydrogens is 448 g/mol. The summed E-state index contributed by atoms with van der Waals surface area (Å²) in [5.74, 6) is 1.54. The minimum atomic E-state index is -0.378. The Hall–Kier alpha value is -2.89. The van der Waals surface area contributed by atoms with E-state index < -0.39 is 0 Å². The molecule has 0 amide bonds. The van der Waals surface area contributed by atoms with Crippen molar-refractivity contribution in [1.82, 2.24) is 9.80 Å². The van der Waals surface area contributed by atoms with Crippen molar-refractivity contribution in [3.8, 4) is 16.9 Å². The highest BCUT2D eigenvalue weighted by atomic mass is 16.4. The molecule has 2 aromatic carbocycles. The van der Waals surface area contributed by atoms with Crippen LogP contribution in [0.4, 0.5) is 0 Å². The summed E-state index contributed by atoms with van der Waals surface area (Å²) in [6.45, 7) is 4.03. The molecule has 3 fully saturated rings. The van der Waals surface area contributed by atoms with E-state index in [1.54, 1.807) is 17.7 Å². The van der Waals surface area contributed by atoms with Gasteiger partial charge in [-0.25, -0.2) is 4.79 Å². The summed E-state index contributed by atoms with van der Waals surface area (Å²) in [7, 11) is 0. The van der Waals surface area contributed by atoms with E-state index in [4.69, 9.17) is 4.42 Å². The Morgan fingerprint density at radius 2 is 1.92 bits per heavy atom. The van der Waals surface area contributed by atoms with Crippen molar-refractivity contribution in [2.45, 2.75) is 57.2 Å². The highest BCUT2D eigenvalue weighted by Crippen LogP contribution is 2.46. The number of aromatic hydroxyl groups is 1. The Kier molecular flexibility index (Phi) is 5.51. The van der Waals surface area contributed by atoms with Crippen molar-refractivity contribution in [3.63, 3.8) is 0 Å². The van der Waals surface area contributed by atoms with Gasteiger partial charge in [0.15, 0.2) is 0 Å². The van der Waals surface area contributed by atoms with Crippen LogP contribution in [0, 0.1) is 11.8 Å². The predicted octanol–water partition coefficient (Wildman–Crippen LogP) is 5.56. The first kappa shape index (κ1) is 22.3. The van der Waals surface area contributed by atoms with E-state index in [0.717, 1.165) is 41.1 Å². The second-order valence-electron chi connectivity index (χ2n) is 11.3. The zero-order chi connectivity index (χ0) is 24.2. The number of phenolic OH excluding ortho intramolecular Hbond substituents is 1. The number of likely N-dealkylation sites (tertiary alicyclic amines) is 1. The number of piperidine rings is 3. The van der Waals surface area contributed by atoms with Crippen molar-refractivity contribution in [3.05, 3.63) is 76.2 Å². The molecule has 3 aromatic rings. The maximum Gasteiger partial charge on any atom is 0.336 e. The van der Waals surface area contributed by atoms with Crippen LogP contribution in [0.3, 0.4) is 0 Å². The second kappa shape index (κ2) is 8.89. The summed E-state index contributed by atoms with van der Waals surface area (Å²) in [6, 6.07) is 16.3. The van der Waals surface area contributed by atoms with E-state index in [-0.39, 0.29) is 11.4 Å². The molecular formula is C31H34N2O3. The fourth-order valence-corrected chi connectivity index (χ4v) is 7.75. The standard InChI is InChI=1S/C31H34N2O3/c34-28-12-11-24-25(20-7-2-1-3-8-20)17-29(35)36-31(24)26(28)19-33-14-6-9-21-15-22-16-23(30(21)33)18-32-13-5-4-10-27(22)32/h1-3,7-8,11-12,15,17,22-23,27,30,34H,4-6,9-10,13-14,16,18-19H2/t22?,23?,27?,30-/m1/s1. The molecule has 4 heterocycles. The SMILES string of the molecule is O=c1cc(-c2ccccc2)c2ccc(O)c(CN3CCCC4=CC5CC(CN6CCCCC56)[C@@H]43)c2o1. The third-order valence-electron chi connectivity index (χ3n) is 9.20. The van der Waals surface area contributed by atoms with Gasteiger partial charge in [-0.05, 0) is 80.3 Å². The first-order valence-corrected chi connectivity index (χ1v) is 13.7. The summed E-state index contributed by atoms with van der Waals surface area (Å²) >= 11 is 0. The third kappa shape index (κ3) is 3.72. The van der Waals surface area contributed by atoms with Crippen LogP contribution >= 0.6 is 0 Å². The Bertz CT molecular complexity index is 1380. The maximum atomic E-state index is 12.7. The summed E-state index contributed by atoms with van der Waals surface area (Å²) in [6.07, 6.45) is 10.3. The number of benzene rings is 2. The van der Waals surface area contributed by atoms with Crippen LogP contribution in [0.2, 0.25) is 0 Å². The van der Waals surface area contributed by atoms with Crippen molar-refractivity contribution < 1.29 is 9.52 Å². The van der Waals surface area contributed by atoms with E-state index in [9.17, 15) is 9.90 Å². The molecule has 2 bridgehead atoms. The third-order valence-corrected chi connectivity index (χ3v) is 9.20. The maximum absolute atomic E-state index is 12.7. The summed E-state index contributed by atoms with van der Waals surface area (Å²) < 4.78 is 5.80. The van der Waals surface area contributed by atoms with Gasteiger partial charge < -0.3 is 9.52 Å². The first-order chi connectivity index (χ1) is 17.7. The second-order valence-corrected chi connectivity index (χ2v) is 11.3. The van der Waals surface area contributed by atoms with Crippen molar-refractivity contribution in [2.24, 2.45) is 11.8 Å². The molecule has 3 aliphatic heterocycles. The highest BCUT2D eigenvalue weighted by Gasteiger charge is 2.46. The largest absolute Gasteiger partial charge is 0.507 e. The zero-order valence-electron chi connectivity index (χ0n) is 20.7. The van der Waals surface area contributed by atoms with Crippen molar-refractivity contribution in [1.29, 1.82) is 0 Å². The van der Waals surface area contributed by atoms with Gasteiger partial charge in [0, 0.05) is 36.6 Å². The van der Waals surface area contributed by atoms with Gasteiger partial charge in [0.05, 0.1) is 5.56 Å². The number of hydrogen-bond donors (Lipinski definition) is 1. The molecule has 0 spiro atoms. The van der Waals surface area contributed by atoms with E-state index in [0.29, 0.717) is 30.0 Å². The average Bonchev–Trinajstić information content (AvgIpc) is 2.90. The number of rotatable bonds is 3. The van der Waals surface area contributed by atoms with Gasteiger partial charge in [-0.3, -0.25) is 9.80 Å². The highest BCUT2D eigenvalue weighted by molar-refractivity contribution is 5.95. The smallest absolute Gasteiger partial charge is 0.336 e. The predicted molar refractivity (Wildman–Crippen MR) is 142 cm³/mol. The Morgan fingerprint density at radius 1 is 1.03 bits per heavy atom. The molecule has 3 saturated heterocycles. The van der Waals surface area contributed by atoms with Gasteiger partial charge in [0.1, 0.15) is 11.3 Å². The molecule has 5 heteroatoms. The molecule has 4 aliphatic rings. The molecule has 0 saturated carbocycles. The van der Waals surface area contributed by atoms with E-state index in [2.05, 4.69) is 15.9 Å². The summed E-state index contributed by atoms with van der Waals surface area (Å²) in [4.78, 5) is 18.0. The number of nitrogens with zero attached hydrogens (tertiary/aromatic N) is 2. The Balaban J connectivity index is 1.28. The number of fused-ring (bicyclic) bond motifs is 7. The van der Waals surface area contributed by atoms with Gasteiger partial charge in [-0.15, -0.1) is 0 Å². The average molecular weight is 483 g/mol. The Labute approximate surface area is 212 Å². The van der Waals surface area contributed by atoms with Crippen molar-refractivity contribution in [2.75, 3.05) is 19.6 Å². The lowest BCUT2D eigenvalue weighted by atomic mass is 9.68. The van der Waals surface area contributed by atoms with Gasteiger partial charge in [0.25, 0.3) is 0 Å². The van der Waals surface area contributed by atoms with Crippen LogP contribution in [0.25, 0.3) is 22.1 Å². The fourth-order valence-electron chi connectivity index (χ4n) is 7.75. The molecule has 7 rings (SSSR count). The zero-order valence-corrected chi connectivity index (χ0v) is 20.7. The molecule has 4 atom stereocenters. The summed E-state index contributed by atoms with van der Waals surface area (Å²) in [5.41, 5.74) is 4.32. The van der Waals surface area contributed by atoms with Crippen LogP contribution in [-0.2, 0) is 6.54 Å². The molecule has 3 unspecified atom stereocenters. The molecule has 1 aromatic heterocycles. The van der Waals surface area contributed by atoms with Crippen molar-refractivity contribution >= 4 is 11.0 Å². The van der Waals surface area contributed by atoms with E-state index in [1.165, 1.54) is 45.2 Å².